The number of Topliss-reactive ketones (excluding diaryl/α,β-unsaturated/α-hetero) is 1. The maximum absolute atomic E-state index is 15.3. The third-order valence-electron chi connectivity index (χ3n) is 12.5. The number of anilines is 2. The van der Waals surface area contributed by atoms with Gasteiger partial charge < -0.3 is 19.5 Å². The summed E-state index contributed by atoms with van der Waals surface area (Å²) in [5.41, 5.74) is 2.91. The molecule has 6 atom stereocenters. The van der Waals surface area contributed by atoms with Crippen LogP contribution >= 0.6 is 0 Å². The zero-order valence-corrected chi connectivity index (χ0v) is 30.6. The molecule has 0 radical (unpaired) electrons. The fourth-order valence-electron chi connectivity index (χ4n) is 10.2. The molecule has 1 N–H and O–H groups in total. The number of carbonyl (C=O) groups is 4. The van der Waals surface area contributed by atoms with Gasteiger partial charge in [-0.1, -0.05) is 84.4 Å². The lowest BCUT2D eigenvalue weighted by Crippen LogP contribution is -2.58. The van der Waals surface area contributed by atoms with Crippen molar-refractivity contribution < 1.29 is 33.8 Å². The predicted octanol–water partition coefficient (Wildman–Crippen LogP) is 6.66. The number of phenols is 1. The first-order valence-electron chi connectivity index (χ1n) is 19.2. The summed E-state index contributed by atoms with van der Waals surface area (Å²) in [5.74, 6) is -4.55. The average Bonchev–Trinajstić information content (AvgIpc) is 3.49. The SMILES string of the molecule is CCOc1cccc(C2C3=CCC4C(=O)N(c5ccc(N6CCOCC6)cc5)C(=O)C4C3CC3C(=O)C(c4ccccc4)=CC(=O)C32c2ccccc2)c1O. The molecule has 2 heterocycles. The Labute approximate surface area is 319 Å². The number of hydrogen-bond donors (Lipinski definition) is 1. The topological polar surface area (TPSA) is 113 Å². The summed E-state index contributed by atoms with van der Waals surface area (Å²) in [7, 11) is 0. The maximum atomic E-state index is 15.3. The van der Waals surface area contributed by atoms with Gasteiger partial charge in [0.25, 0.3) is 0 Å². The summed E-state index contributed by atoms with van der Waals surface area (Å²) in [6.45, 7) is 4.95. The largest absolute Gasteiger partial charge is 0.504 e. The van der Waals surface area contributed by atoms with Gasteiger partial charge in [-0.25, -0.2) is 0 Å². The van der Waals surface area contributed by atoms with Gasteiger partial charge in [-0.05, 0) is 73.2 Å². The molecular weight excluding hydrogens is 693 g/mol. The van der Waals surface area contributed by atoms with Crippen LogP contribution in [0.2, 0.25) is 0 Å². The highest BCUT2D eigenvalue weighted by atomic mass is 16.5. The molecular formula is C46H42N2O7. The minimum absolute atomic E-state index is 0.110. The number of fused-ring (bicyclic) bond motifs is 4. The standard InChI is InChI=1S/C46H42N2O7/c1-2-55-38-15-9-14-34(43(38)51)41-32-20-21-33-40(45(53)48(44(33)52)31-18-16-30(17-19-31)47-22-24-54-25-23-47)36(32)26-37-42(50)35(28-10-5-3-6-11-28)27-39(49)46(37,41)29-12-7-4-8-13-29/h3-20,27,33,36-37,40-41,51H,2,21-26H2,1H3. The van der Waals surface area contributed by atoms with Crippen molar-refractivity contribution in [3.63, 3.8) is 0 Å². The van der Waals surface area contributed by atoms with Gasteiger partial charge in [0.05, 0.1) is 42.8 Å². The molecule has 2 saturated heterocycles. The van der Waals surface area contributed by atoms with Crippen molar-refractivity contribution in [3.05, 3.63) is 138 Å². The number of imide groups is 1. The van der Waals surface area contributed by atoms with Gasteiger partial charge in [-0.3, -0.25) is 24.1 Å². The second kappa shape index (κ2) is 13.8. The number of ether oxygens (including phenoxy) is 2. The summed E-state index contributed by atoms with van der Waals surface area (Å²) in [6, 6.07) is 31.4. The first kappa shape index (κ1) is 34.9. The van der Waals surface area contributed by atoms with Crippen molar-refractivity contribution in [1.82, 2.24) is 0 Å². The number of ketones is 2. The van der Waals surface area contributed by atoms with Crippen LogP contribution in [-0.4, -0.2) is 61.4 Å². The van der Waals surface area contributed by atoms with Crippen molar-refractivity contribution in [3.8, 4) is 11.5 Å². The molecule has 2 amide bonds. The number of hydrogen-bond acceptors (Lipinski definition) is 8. The second-order valence-corrected chi connectivity index (χ2v) is 15.0. The molecule has 9 nitrogen and oxygen atoms in total. The molecule has 9 rings (SSSR count). The van der Waals surface area contributed by atoms with E-state index in [0.29, 0.717) is 47.8 Å². The Morgan fingerprint density at radius 1 is 0.800 bits per heavy atom. The molecule has 55 heavy (non-hydrogen) atoms. The maximum Gasteiger partial charge on any atom is 0.238 e. The monoisotopic (exact) mass is 734 g/mol. The molecule has 6 unspecified atom stereocenters. The zero-order chi connectivity index (χ0) is 37.8. The van der Waals surface area contributed by atoms with E-state index in [1.165, 1.54) is 11.0 Å². The Morgan fingerprint density at radius 2 is 1.49 bits per heavy atom. The van der Waals surface area contributed by atoms with Crippen LogP contribution in [0.15, 0.2) is 121 Å². The van der Waals surface area contributed by atoms with Crippen molar-refractivity contribution in [2.45, 2.75) is 31.1 Å². The number of phenolic OH excluding ortho intramolecular Hbond substituents is 1. The highest BCUT2D eigenvalue weighted by molar-refractivity contribution is 6.32. The van der Waals surface area contributed by atoms with Crippen LogP contribution < -0.4 is 14.5 Å². The van der Waals surface area contributed by atoms with Gasteiger partial charge >= 0.3 is 0 Å². The average molecular weight is 735 g/mol. The van der Waals surface area contributed by atoms with E-state index >= 15 is 9.59 Å². The Hall–Kier alpha value is -5.80. The fraction of sp³-hybridized carbons (Fsp3) is 0.304. The Morgan fingerprint density at radius 3 is 2.20 bits per heavy atom. The van der Waals surface area contributed by atoms with E-state index in [4.69, 9.17) is 9.47 Å². The third-order valence-corrected chi connectivity index (χ3v) is 12.5. The number of para-hydroxylation sites is 1. The Kier molecular flexibility index (Phi) is 8.77. The fourth-order valence-corrected chi connectivity index (χ4v) is 10.2. The molecule has 4 aromatic carbocycles. The van der Waals surface area contributed by atoms with E-state index in [0.717, 1.165) is 24.4 Å². The van der Waals surface area contributed by atoms with Crippen molar-refractivity contribution >= 4 is 40.3 Å². The molecule has 0 aromatic heterocycles. The van der Waals surface area contributed by atoms with E-state index in [2.05, 4.69) is 4.90 Å². The number of allylic oxidation sites excluding steroid dienone is 4. The van der Waals surface area contributed by atoms with Crippen molar-refractivity contribution in [2.75, 3.05) is 42.7 Å². The van der Waals surface area contributed by atoms with Crippen molar-refractivity contribution in [1.29, 1.82) is 0 Å². The minimum Gasteiger partial charge on any atom is -0.504 e. The van der Waals surface area contributed by atoms with Crippen LogP contribution in [0.4, 0.5) is 11.4 Å². The van der Waals surface area contributed by atoms with Gasteiger partial charge in [-0.15, -0.1) is 0 Å². The summed E-state index contributed by atoms with van der Waals surface area (Å²) in [6.07, 6.45) is 3.96. The number of morpholine rings is 1. The summed E-state index contributed by atoms with van der Waals surface area (Å²) >= 11 is 0. The molecule has 4 aromatic rings. The number of nitrogens with zero attached hydrogens (tertiary/aromatic N) is 2. The van der Waals surface area contributed by atoms with Crippen LogP contribution in [-0.2, 0) is 29.3 Å². The van der Waals surface area contributed by atoms with Gasteiger partial charge in [-0.2, -0.15) is 0 Å². The lowest BCUT2D eigenvalue weighted by molar-refractivity contribution is -0.135. The van der Waals surface area contributed by atoms with E-state index in [-0.39, 0.29) is 47.7 Å². The van der Waals surface area contributed by atoms with E-state index in [9.17, 15) is 14.7 Å². The zero-order valence-electron chi connectivity index (χ0n) is 30.6. The number of amides is 2. The highest BCUT2D eigenvalue weighted by Gasteiger charge is 2.66. The smallest absolute Gasteiger partial charge is 0.238 e. The van der Waals surface area contributed by atoms with E-state index in [1.54, 1.807) is 18.2 Å². The highest BCUT2D eigenvalue weighted by Crippen LogP contribution is 2.65. The summed E-state index contributed by atoms with van der Waals surface area (Å²) in [5, 5.41) is 12.0. The molecule has 0 bridgehead atoms. The molecule has 278 valence electrons. The second-order valence-electron chi connectivity index (χ2n) is 15.0. The van der Waals surface area contributed by atoms with Gasteiger partial charge in [0.15, 0.2) is 23.1 Å². The number of rotatable bonds is 7. The van der Waals surface area contributed by atoms with Gasteiger partial charge in [0, 0.05) is 41.7 Å². The molecule has 1 saturated carbocycles. The molecule has 5 aliphatic rings. The van der Waals surface area contributed by atoms with Crippen LogP contribution in [0.5, 0.6) is 11.5 Å². The van der Waals surface area contributed by atoms with E-state index < -0.39 is 35.0 Å². The first-order valence-corrected chi connectivity index (χ1v) is 19.2. The molecule has 9 heteroatoms. The van der Waals surface area contributed by atoms with Crippen LogP contribution in [0.3, 0.4) is 0 Å². The summed E-state index contributed by atoms with van der Waals surface area (Å²) < 4.78 is 11.4. The quantitative estimate of drug-likeness (QED) is 0.166. The Bertz CT molecular complexity index is 2240. The van der Waals surface area contributed by atoms with Crippen LogP contribution in [0.1, 0.15) is 42.4 Å². The Balaban J connectivity index is 1.20. The molecule has 2 aliphatic heterocycles. The van der Waals surface area contributed by atoms with E-state index in [1.807, 2.05) is 97.9 Å². The molecule has 0 spiro atoms. The predicted molar refractivity (Wildman–Crippen MR) is 208 cm³/mol. The van der Waals surface area contributed by atoms with Gasteiger partial charge in [0.1, 0.15) is 0 Å². The molecule has 3 fully saturated rings. The minimum atomic E-state index is -1.45. The van der Waals surface area contributed by atoms with Gasteiger partial charge in [0.2, 0.25) is 11.8 Å². The number of benzene rings is 4. The third kappa shape index (κ3) is 5.39. The van der Waals surface area contributed by atoms with Crippen LogP contribution in [0, 0.1) is 23.7 Å². The molecule has 3 aliphatic carbocycles. The number of carbonyl (C=O) groups excluding carboxylic acids is 4. The lowest BCUT2D eigenvalue weighted by atomic mass is 9.44. The lowest BCUT2D eigenvalue weighted by Gasteiger charge is -2.55. The summed E-state index contributed by atoms with van der Waals surface area (Å²) in [4.78, 5) is 63.1. The number of aromatic hydroxyl groups is 1. The van der Waals surface area contributed by atoms with Crippen molar-refractivity contribution in [2.24, 2.45) is 23.7 Å². The normalized spacial score (nSPS) is 27.5. The first-order chi connectivity index (χ1) is 26.8. The van der Waals surface area contributed by atoms with Crippen LogP contribution in [0.25, 0.3) is 5.57 Å².